The van der Waals surface area contributed by atoms with Crippen molar-refractivity contribution in [3.05, 3.63) is 56.8 Å². The molecule has 2 N–H and O–H groups in total. The highest BCUT2D eigenvalue weighted by molar-refractivity contribution is 9.10. The predicted octanol–water partition coefficient (Wildman–Crippen LogP) is 5.48. The molecule has 0 fully saturated rings. The van der Waals surface area contributed by atoms with Gasteiger partial charge in [-0.3, -0.25) is 4.90 Å². The summed E-state index contributed by atoms with van der Waals surface area (Å²) in [5, 5.41) is 0. The van der Waals surface area contributed by atoms with Crippen LogP contribution in [0.15, 0.2) is 28.7 Å². The second-order valence-electron chi connectivity index (χ2n) is 7.55. The molecule has 0 spiro atoms. The van der Waals surface area contributed by atoms with Gasteiger partial charge in [0.25, 0.3) is 5.92 Å². The quantitative estimate of drug-likeness (QED) is 0.619. The standard InChI is InChI=1S/C21H24BrF3N2O/c1-11-7-15-12(2)17(26)6-5-14(15)20(27(11)10-21(3,24)25)19-16(23)8-13(22)9-18(19)28-4/h5-6,8-9,11,20H,7,10,26H2,1-4H3/t11-,20+/m1/s1. The molecule has 7 heteroatoms. The van der Waals surface area contributed by atoms with E-state index < -0.39 is 24.3 Å². The fourth-order valence-electron chi connectivity index (χ4n) is 4.05. The molecule has 0 saturated heterocycles. The van der Waals surface area contributed by atoms with E-state index in [1.54, 1.807) is 17.0 Å². The number of methoxy groups -OCH3 is 1. The maximum absolute atomic E-state index is 15.1. The van der Waals surface area contributed by atoms with E-state index in [1.807, 2.05) is 19.9 Å². The van der Waals surface area contributed by atoms with E-state index in [0.29, 0.717) is 22.3 Å². The van der Waals surface area contributed by atoms with Gasteiger partial charge in [0.2, 0.25) is 0 Å². The van der Waals surface area contributed by atoms with Crippen molar-refractivity contribution in [1.29, 1.82) is 0 Å². The summed E-state index contributed by atoms with van der Waals surface area (Å²) in [5.74, 6) is -3.11. The zero-order chi connectivity index (χ0) is 20.8. The first-order valence-corrected chi connectivity index (χ1v) is 9.87. The third-order valence-corrected chi connectivity index (χ3v) is 5.84. The Labute approximate surface area is 171 Å². The summed E-state index contributed by atoms with van der Waals surface area (Å²) in [4.78, 5) is 1.66. The average Bonchev–Trinajstić information content (AvgIpc) is 2.58. The smallest absolute Gasteiger partial charge is 0.257 e. The topological polar surface area (TPSA) is 38.5 Å². The van der Waals surface area contributed by atoms with Gasteiger partial charge in [-0.05, 0) is 55.2 Å². The highest BCUT2D eigenvalue weighted by atomic mass is 79.9. The molecule has 3 rings (SSSR count). The molecule has 0 radical (unpaired) electrons. The van der Waals surface area contributed by atoms with Crippen LogP contribution in [0.3, 0.4) is 0 Å². The van der Waals surface area contributed by atoms with Crippen LogP contribution in [0.2, 0.25) is 0 Å². The highest BCUT2D eigenvalue weighted by Crippen LogP contribution is 2.45. The lowest BCUT2D eigenvalue weighted by Gasteiger charge is -2.44. The van der Waals surface area contributed by atoms with E-state index in [-0.39, 0.29) is 11.6 Å². The summed E-state index contributed by atoms with van der Waals surface area (Å²) in [6.07, 6.45) is 0.569. The van der Waals surface area contributed by atoms with Gasteiger partial charge in [0.05, 0.1) is 25.3 Å². The number of anilines is 1. The van der Waals surface area contributed by atoms with Gasteiger partial charge >= 0.3 is 0 Å². The number of nitrogens with zero attached hydrogens (tertiary/aromatic N) is 1. The number of fused-ring (bicyclic) bond motifs is 1. The molecule has 0 bridgehead atoms. The van der Waals surface area contributed by atoms with E-state index in [1.165, 1.54) is 13.2 Å². The Morgan fingerprint density at radius 2 is 2.00 bits per heavy atom. The zero-order valence-electron chi connectivity index (χ0n) is 16.3. The molecule has 152 valence electrons. The molecule has 0 unspecified atom stereocenters. The van der Waals surface area contributed by atoms with Crippen molar-refractivity contribution in [3.63, 3.8) is 0 Å². The average molecular weight is 457 g/mol. The van der Waals surface area contributed by atoms with Gasteiger partial charge < -0.3 is 10.5 Å². The minimum absolute atomic E-state index is 0.225. The molecule has 0 aliphatic carbocycles. The Morgan fingerprint density at radius 1 is 1.32 bits per heavy atom. The lowest BCUT2D eigenvalue weighted by molar-refractivity contribution is -0.0369. The SMILES string of the molecule is COc1cc(Br)cc(F)c1[C@@H]1c2ccc(N)c(C)c2C[C@@H](C)N1CC(C)(F)F. The largest absolute Gasteiger partial charge is 0.496 e. The van der Waals surface area contributed by atoms with E-state index in [0.717, 1.165) is 23.6 Å². The number of halogens is 4. The normalized spacial score (nSPS) is 20.1. The van der Waals surface area contributed by atoms with E-state index in [2.05, 4.69) is 15.9 Å². The molecule has 3 nitrogen and oxygen atoms in total. The zero-order valence-corrected chi connectivity index (χ0v) is 17.9. The summed E-state index contributed by atoms with van der Waals surface area (Å²) in [6, 6.07) is 5.63. The second-order valence-corrected chi connectivity index (χ2v) is 8.47. The number of benzene rings is 2. The van der Waals surface area contributed by atoms with Gasteiger partial charge in [-0.25, -0.2) is 13.2 Å². The Hall–Kier alpha value is -1.73. The predicted molar refractivity (Wildman–Crippen MR) is 109 cm³/mol. The summed E-state index contributed by atoms with van der Waals surface area (Å²) in [5.41, 5.74) is 9.65. The van der Waals surface area contributed by atoms with Gasteiger partial charge in [-0.15, -0.1) is 0 Å². The molecule has 1 aliphatic rings. The fraction of sp³-hybridized carbons (Fsp3) is 0.429. The van der Waals surface area contributed by atoms with E-state index >= 15 is 4.39 Å². The van der Waals surface area contributed by atoms with Gasteiger partial charge in [0.1, 0.15) is 11.6 Å². The van der Waals surface area contributed by atoms with Gasteiger partial charge in [-0.2, -0.15) is 0 Å². The monoisotopic (exact) mass is 456 g/mol. The van der Waals surface area contributed by atoms with Gasteiger partial charge in [-0.1, -0.05) is 22.0 Å². The molecule has 2 atom stereocenters. The van der Waals surface area contributed by atoms with Crippen molar-refractivity contribution in [1.82, 2.24) is 4.90 Å². The van der Waals surface area contributed by atoms with E-state index in [9.17, 15) is 8.78 Å². The molecule has 0 saturated carbocycles. The maximum Gasteiger partial charge on any atom is 0.257 e. The van der Waals surface area contributed by atoms with Crippen LogP contribution in [0.25, 0.3) is 0 Å². The lowest BCUT2D eigenvalue weighted by atomic mass is 9.82. The Kier molecular flexibility index (Phi) is 5.69. The van der Waals surface area contributed by atoms with Crippen molar-refractivity contribution < 1.29 is 17.9 Å². The van der Waals surface area contributed by atoms with Gasteiger partial charge in [0, 0.05) is 23.1 Å². The summed E-state index contributed by atoms with van der Waals surface area (Å²) < 4.78 is 49.2. The minimum Gasteiger partial charge on any atom is -0.496 e. The number of rotatable bonds is 4. The van der Waals surface area contributed by atoms with Crippen LogP contribution in [0.1, 0.15) is 42.1 Å². The summed E-state index contributed by atoms with van der Waals surface area (Å²) in [7, 11) is 1.45. The number of alkyl halides is 2. The van der Waals surface area contributed by atoms with Crippen LogP contribution >= 0.6 is 15.9 Å². The molecule has 0 aromatic heterocycles. The number of hydrogen-bond acceptors (Lipinski definition) is 3. The number of nitrogens with two attached hydrogens (primary N) is 1. The van der Waals surface area contributed by atoms with Crippen molar-refractivity contribution in [2.24, 2.45) is 0 Å². The molecular formula is C21H24BrF3N2O. The van der Waals surface area contributed by atoms with Crippen LogP contribution < -0.4 is 10.5 Å². The summed E-state index contributed by atoms with van der Waals surface area (Å²) >= 11 is 3.27. The highest BCUT2D eigenvalue weighted by Gasteiger charge is 2.41. The Morgan fingerprint density at radius 3 is 2.61 bits per heavy atom. The third kappa shape index (κ3) is 3.87. The fourth-order valence-corrected chi connectivity index (χ4v) is 4.46. The first kappa shape index (κ1) is 21.0. The molecule has 28 heavy (non-hydrogen) atoms. The second kappa shape index (κ2) is 7.59. The number of hydrogen-bond donors (Lipinski definition) is 1. The first-order valence-electron chi connectivity index (χ1n) is 9.08. The molecule has 2 aromatic rings. The van der Waals surface area contributed by atoms with Crippen LogP contribution in [0.5, 0.6) is 5.75 Å². The lowest BCUT2D eigenvalue weighted by Crippen LogP contribution is -2.48. The van der Waals surface area contributed by atoms with Crippen LogP contribution in [-0.2, 0) is 6.42 Å². The van der Waals surface area contributed by atoms with Crippen molar-refractivity contribution in [2.75, 3.05) is 19.4 Å². The van der Waals surface area contributed by atoms with E-state index in [4.69, 9.17) is 10.5 Å². The Balaban J connectivity index is 2.29. The summed E-state index contributed by atoms with van der Waals surface area (Å²) in [6.45, 7) is 4.20. The number of nitrogen functional groups attached to an aromatic ring is 1. The van der Waals surface area contributed by atoms with Crippen molar-refractivity contribution in [2.45, 2.75) is 45.2 Å². The van der Waals surface area contributed by atoms with Crippen molar-refractivity contribution in [3.8, 4) is 5.75 Å². The van der Waals surface area contributed by atoms with Crippen LogP contribution in [0.4, 0.5) is 18.9 Å². The third-order valence-electron chi connectivity index (χ3n) is 5.38. The van der Waals surface area contributed by atoms with Crippen LogP contribution in [0, 0.1) is 12.7 Å². The number of ether oxygens (including phenoxy) is 1. The molecule has 0 amide bonds. The maximum atomic E-state index is 15.1. The minimum atomic E-state index is -2.92. The van der Waals surface area contributed by atoms with Crippen LogP contribution in [-0.4, -0.2) is 30.5 Å². The van der Waals surface area contributed by atoms with Gasteiger partial charge in [0.15, 0.2) is 0 Å². The Bertz CT molecular complexity index is 898. The molecule has 1 aliphatic heterocycles. The first-order chi connectivity index (χ1) is 13.0. The molecule has 1 heterocycles. The molecular weight excluding hydrogens is 433 g/mol. The molecule has 2 aromatic carbocycles. The van der Waals surface area contributed by atoms with Crippen molar-refractivity contribution >= 4 is 21.6 Å².